The number of carbonyl (C=O) groups is 1. The molecule has 2 N–H and O–H groups in total. The lowest BCUT2D eigenvalue weighted by Gasteiger charge is -2.28. The zero-order valence-electron chi connectivity index (χ0n) is 15.8. The maximum atomic E-state index is 12.6. The molecule has 4 rings (SSSR count). The topological polar surface area (TPSA) is 52.6 Å². The first kappa shape index (κ1) is 18.2. The Morgan fingerprint density at radius 1 is 0.963 bits per heavy atom. The Morgan fingerprint density at radius 2 is 1.63 bits per heavy atom. The van der Waals surface area contributed by atoms with Crippen LogP contribution in [0.15, 0.2) is 48.5 Å². The summed E-state index contributed by atoms with van der Waals surface area (Å²) in [6, 6.07) is 16.1. The fourth-order valence-corrected chi connectivity index (χ4v) is 4.78. The number of hydrogen-bond acceptors (Lipinski definition) is 3. The largest absolute Gasteiger partial charge is 0.480 e. The molecule has 4 heteroatoms. The number of nitrogens with one attached hydrogen (secondary N) is 1. The number of benzene rings is 2. The SMILES string of the molecule is O=C(O)C1(CCCCN2CCCNCC2)c2ccccc2-c2ccccc21. The van der Waals surface area contributed by atoms with Crippen LogP contribution in [0.5, 0.6) is 0 Å². The van der Waals surface area contributed by atoms with E-state index in [4.69, 9.17) is 0 Å². The Balaban J connectivity index is 1.54. The number of unbranched alkanes of at least 4 members (excludes halogenated alkanes) is 1. The van der Waals surface area contributed by atoms with Gasteiger partial charge in [0.1, 0.15) is 5.41 Å². The number of fused-ring (bicyclic) bond motifs is 3. The molecule has 2 aliphatic rings. The number of carboxylic acids is 1. The van der Waals surface area contributed by atoms with Crippen LogP contribution in [0, 0.1) is 0 Å². The Hall–Kier alpha value is -2.17. The molecule has 1 aliphatic carbocycles. The molecular formula is C23H28N2O2. The predicted molar refractivity (Wildman–Crippen MR) is 108 cm³/mol. The second kappa shape index (κ2) is 7.83. The lowest BCUT2D eigenvalue weighted by Crippen LogP contribution is -2.35. The summed E-state index contributed by atoms with van der Waals surface area (Å²) in [6.45, 7) is 5.45. The summed E-state index contributed by atoms with van der Waals surface area (Å²) in [7, 11) is 0. The van der Waals surface area contributed by atoms with Crippen LogP contribution in [-0.2, 0) is 10.2 Å². The molecule has 4 nitrogen and oxygen atoms in total. The average Bonchev–Trinajstić information content (AvgIpc) is 2.82. The van der Waals surface area contributed by atoms with Crippen molar-refractivity contribution in [2.45, 2.75) is 31.1 Å². The van der Waals surface area contributed by atoms with Crippen molar-refractivity contribution in [3.63, 3.8) is 0 Å². The number of nitrogens with zero attached hydrogens (tertiary/aromatic N) is 1. The normalized spacial score (nSPS) is 18.5. The van der Waals surface area contributed by atoms with Crippen LogP contribution in [-0.4, -0.2) is 48.7 Å². The molecule has 0 bridgehead atoms. The van der Waals surface area contributed by atoms with E-state index in [9.17, 15) is 9.90 Å². The monoisotopic (exact) mass is 364 g/mol. The lowest BCUT2D eigenvalue weighted by molar-refractivity contribution is -0.142. The quantitative estimate of drug-likeness (QED) is 0.771. The second-order valence-electron chi connectivity index (χ2n) is 7.70. The van der Waals surface area contributed by atoms with Crippen molar-refractivity contribution < 1.29 is 9.90 Å². The van der Waals surface area contributed by atoms with Gasteiger partial charge in [-0.1, -0.05) is 55.0 Å². The van der Waals surface area contributed by atoms with Gasteiger partial charge in [0.25, 0.3) is 0 Å². The Labute approximate surface area is 161 Å². The van der Waals surface area contributed by atoms with Crippen molar-refractivity contribution in [1.29, 1.82) is 0 Å². The molecule has 142 valence electrons. The molecule has 0 aromatic heterocycles. The minimum absolute atomic E-state index is 0.655. The van der Waals surface area contributed by atoms with Gasteiger partial charge in [-0.15, -0.1) is 0 Å². The third-order valence-corrected chi connectivity index (χ3v) is 6.14. The highest BCUT2D eigenvalue weighted by Crippen LogP contribution is 2.51. The van der Waals surface area contributed by atoms with E-state index in [-0.39, 0.29) is 0 Å². The van der Waals surface area contributed by atoms with E-state index in [1.54, 1.807) is 0 Å². The zero-order valence-corrected chi connectivity index (χ0v) is 15.8. The Morgan fingerprint density at radius 3 is 2.30 bits per heavy atom. The highest BCUT2D eigenvalue weighted by molar-refractivity contribution is 5.97. The van der Waals surface area contributed by atoms with Crippen molar-refractivity contribution in [1.82, 2.24) is 10.2 Å². The summed E-state index contributed by atoms with van der Waals surface area (Å²) >= 11 is 0. The summed E-state index contributed by atoms with van der Waals surface area (Å²) in [5.41, 5.74) is 3.16. The number of hydrogen-bond donors (Lipinski definition) is 2. The van der Waals surface area contributed by atoms with Gasteiger partial charge in [-0.2, -0.15) is 0 Å². The van der Waals surface area contributed by atoms with Crippen molar-refractivity contribution in [3.8, 4) is 11.1 Å². The Bertz CT molecular complexity index is 764. The smallest absolute Gasteiger partial charge is 0.318 e. The van der Waals surface area contributed by atoms with Crippen LogP contribution in [0.3, 0.4) is 0 Å². The zero-order chi connectivity index (χ0) is 18.7. The molecule has 1 saturated heterocycles. The number of rotatable bonds is 6. The van der Waals surface area contributed by atoms with Crippen molar-refractivity contribution >= 4 is 5.97 Å². The van der Waals surface area contributed by atoms with Crippen LogP contribution >= 0.6 is 0 Å². The summed E-state index contributed by atoms with van der Waals surface area (Å²) in [5, 5.41) is 13.8. The van der Waals surface area contributed by atoms with Gasteiger partial charge in [0.15, 0.2) is 0 Å². The first-order valence-electron chi connectivity index (χ1n) is 10.1. The summed E-state index contributed by atoms with van der Waals surface area (Å²) in [4.78, 5) is 15.1. The molecule has 0 atom stereocenters. The average molecular weight is 364 g/mol. The summed E-state index contributed by atoms with van der Waals surface area (Å²) in [5.74, 6) is -0.723. The van der Waals surface area contributed by atoms with Crippen molar-refractivity contribution in [2.75, 3.05) is 32.7 Å². The number of aliphatic carboxylic acids is 1. The molecule has 1 aliphatic heterocycles. The van der Waals surface area contributed by atoms with Crippen LogP contribution in [0.2, 0.25) is 0 Å². The van der Waals surface area contributed by atoms with Crippen LogP contribution in [0.1, 0.15) is 36.8 Å². The van der Waals surface area contributed by atoms with E-state index in [0.29, 0.717) is 6.42 Å². The minimum Gasteiger partial charge on any atom is -0.480 e. The van der Waals surface area contributed by atoms with Gasteiger partial charge < -0.3 is 15.3 Å². The van der Waals surface area contributed by atoms with Gasteiger partial charge in [-0.3, -0.25) is 4.79 Å². The van der Waals surface area contributed by atoms with E-state index in [1.807, 2.05) is 36.4 Å². The van der Waals surface area contributed by atoms with E-state index >= 15 is 0 Å². The maximum Gasteiger partial charge on any atom is 0.318 e. The summed E-state index contributed by atoms with van der Waals surface area (Å²) < 4.78 is 0. The molecule has 27 heavy (non-hydrogen) atoms. The van der Waals surface area contributed by atoms with Gasteiger partial charge in [-0.05, 0) is 61.2 Å². The van der Waals surface area contributed by atoms with Crippen LogP contribution < -0.4 is 5.32 Å². The first-order chi connectivity index (χ1) is 13.2. The molecule has 0 radical (unpaired) electrons. The van der Waals surface area contributed by atoms with Gasteiger partial charge in [0.05, 0.1) is 0 Å². The summed E-state index contributed by atoms with van der Waals surface area (Å²) in [6.07, 6.45) is 3.81. The van der Waals surface area contributed by atoms with Crippen molar-refractivity contribution in [3.05, 3.63) is 59.7 Å². The van der Waals surface area contributed by atoms with Gasteiger partial charge in [0, 0.05) is 13.1 Å². The molecule has 0 saturated carbocycles. The standard InChI is InChI=1S/C23H28N2O2/c26-22(27)23(12-5-6-15-25-16-7-13-24-14-17-25)20-10-3-1-8-18(20)19-9-2-4-11-21(19)23/h1-4,8-11,24H,5-7,12-17H2,(H,26,27). The van der Waals surface area contributed by atoms with Gasteiger partial charge in [-0.25, -0.2) is 0 Å². The first-order valence-corrected chi connectivity index (χ1v) is 10.1. The minimum atomic E-state index is -0.909. The highest BCUT2D eigenvalue weighted by Gasteiger charge is 2.48. The third kappa shape index (κ3) is 3.28. The molecule has 0 spiro atoms. The van der Waals surface area contributed by atoms with E-state index in [2.05, 4.69) is 22.3 Å². The van der Waals surface area contributed by atoms with Gasteiger partial charge in [0.2, 0.25) is 0 Å². The lowest BCUT2D eigenvalue weighted by atomic mass is 9.74. The molecule has 0 unspecified atom stereocenters. The highest BCUT2D eigenvalue weighted by atomic mass is 16.4. The van der Waals surface area contributed by atoms with Gasteiger partial charge >= 0.3 is 5.97 Å². The molecule has 2 aromatic carbocycles. The number of carboxylic acid groups (broad SMARTS) is 1. The molecule has 1 fully saturated rings. The van der Waals surface area contributed by atoms with E-state index in [0.717, 1.165) is 67.8 Å². The fourth-order valence-electron chi connectivity index (χ4n) is 4.78. The second-order valence-corrected chi connectivity index (χ2v) is 7.70. The van der Waals surface area contributed by atoms with Crippen molar-refractivity contribution in [2.24, 2.45) is 0 Å². The Kier molecular flexibility index (Phi) is 5.28. The maximum absolute atomic E-state index is 12.6. The fraction of sp³-hybridized carbons (Fsp3) is 0.435. The van der Waals surface area contributed by atoms with E-state index in [1.165, 1.54) is 6.42 Å². The third-order valence-electron chi connectivity index (χ3n) is 6.14. The molecule has 2 aromatic rings. The molecular weight excluding hydrogens is 336 g/mol. The molecule has 0 amide bonds. The van der Waals surface area contributed by atoms with E-state index < -0.39 is 11.4 Å². The molecule has 1 heterocycles. The van der Waals surface area contributed by atoms with Crippen LogP contribution in [0.4, 0.5) is 0 Å². The predicted octanol–water partition coefficient (Wildman–Crippen LogP) is 3.50. The van der Waals surface area contributed by atoms with Crippen LogP contribution in [0.25, 0.3) is 11.1 Å².